The van der Waals surface area contributed by atoms with E-state index in [9.17, 15) is 0 Å². The summed E-state index contributed by atoms with van der Waals surface area (Å²) < 4.78 is 5.14. The van der Waals surface area contributed by atoms with Crippen molar-refractivity contribution in [3.05, 3.63) is 11.8 Å². The topological polar surface area (TPSA) is 9.23 Å². The average Bonchev–Trinajstić information content (AvgIpc) is 2.57. The molecule has 0 spiro atoms. The highest BCUT2D eigenvalue weighted by Gasteiger charge is 1.98. The summed E-state index contributed by atoms with van der Waals surface area (Å²) in [5.74, 6) is 6.73. The Kier molecular flexibility index (Phi) is 6.62. The molecule has 0 aromatic carbocycles. The molecule has 0 aliphatic carbocycles. The summed E-state index contributed by atoms with van der Waals surface area (Å²) >= 11 is 0. The summed E-state index contributed by atoms with van der Waals surface area (Å²) in [6, 6.07) is 0. The van der Waals surface area contributed by atoms with Crippen LogP contribution >= 0.6 is 0 Å². The van der Waals surface area contributed by atoms with Crippen molar-refractivity contribution in [3.8, 4) is 11.8 Å². The first-order valence-corrected chi connectivity index (χ1v) is 4.25. The van der Waals surface area contributed by atoms with Gasteiger partial charge in [-0.3, -0.25) is 0 Å². The predicted molar refractivity (Wildman–Crippen MR) is 48.1 cm³/mol. The third-order valence-electron chi connectivity index (χ3n) is 1.09. The molecule has 1 rings (SSSR count). The molecular formula is C10H16O. The second-order valence-electron chi connectivity index (χ2n) is 1.86. The van der Waals surface area contributed by atoms with Crippen molar-refractivity contribution in [2.24, 2.45) is 0 Å². The monoisotopic (exact) mass is 152 g/mol. The van der Waals surface area contributed by atoms with E-state index in [4.69, 9.17) is 4.74 Å². The molecule has 0 amide bonds. The third kappa shape index (κ3) is 4.50. The zero-order chi connectivity index (χ0) is 8.53. The molecular weight excluding hydrogens is 136 g/mol. The van der Waals surface area contributed by atoms with Crippen LogP contribution in [0, 0.1) is 11.8 Å². The predicted octanol–water partition coefficient (Wildman–Crippen LogP) is 2.73. The Morgan fingerprint density at radius 3 is 2.73 bits per heavy atom. The summed E-state index contributed by atoms with van der Waals surface area (Å²) in [6.07, 6.45) is 3.96. The van der Waals surface area contributed by atoms with Crippen LogP contribution in [0.4, 0.5) is 0 Å². The molecule has 1 aliphatic rings. The van der Waals surface area contributed by atoms with E-state index in [1.54, 1.807) is 0 Å². The zero-order valence-corrected chi connectivity index (χ0v) is 7.61. The van der Waals surface area contributed by atoms with E-state index in [1.807, 2.05) is 26.8 Å². The summed E-state index contributed by atoms with van der Waals surface area (Å²) in [5, 5.41) is 0. The minimum atomic E-state index is 0.813. The van der Waals surface area contributed by atoms with Gasteiger partial charge in [0, 0.05) is 12.8 Å². The fourth-order valence-corrected chi connectivity index (χ4v) is 0.680. The zero-order valence-electron chi connectivity index (χ0n) is 7.61. The maximum absolute atomic E-state index is 5.14. The van der Waals surface area contributed by atoms with Gasteiger partial charge in [-0.2, -0.15) is 0 Å². The van der Waals surface area contributed by atoms with Gasteiger partial charge in [0.2, 0.25) is 0 Å². The molecule has 0 bridgehead atoms. The van der Waals surface area contributed by atoms with Crippen LogP contribution in [0.5, 0.6) is 0 Å². The van der Waals surface area contributed by atoms with Crippen molar-refractivity contribution in [1.29, 1.82) is 0 Å². The maximum Gasteiger partial charge on any atom is 0.166 e. The molecule has 0 unspecified atom stereocenters. The molecule has 1 aliphatic heterocycles. The van der Waals surface area contributed by atoms with Crippen molar-refractivity contribution in [2.75, 3.05) is 6.61 Å². The van der Waals surface area contributed by atoms with Crippen molar-refractivity contribution >= 4 is 0 Å². The lowest BCUT2D eigenvalue weighted by Crippen LogP contribution is -1.79. The van der Waals surface area contributed by atoms with Crippen LogP contribution in [-0.2, 0) is 4.74 Å². The van der Waals surface area contributed by atoms with E-state index in [-0.39, 0.29) is 0 Å². The summed E-state index contributed by atoms with van der Waals surface area (Å²) in [4.78, 5) is 0. The first-order valence-electron chi connectivity index (χ1n) is 4.25. The highest BCUT2D eigenvalue weighted by molar-refractivity contribution is 5.24. The number of hydrogen-bond acceptors (Lipinski definition) is 1. The van der Waals surface area contributed by atoms with Crippen LogP contribution in [0.3, 0.4) is 0 Å². The smallest absolute Gasteiger partial charge is 0.166 e. The normalized spacial score (nSPS) is 13.2. The molecule has 1 nitrogen and oxygen atoms in total. The van der Waals surface area contributed by atoms with Crippen LogP contribution < -0.4 is 0 Å². The van der Waals surface area contributed by atoms with E-state index in [0.29, 0.717) is 0 Å². The standard InChI is InChI=1S/C8H10O.C2H6/c1-2-3-5-8-6-4-7-9-8;1-2/h6H,2,4,7H2,1H3;1-2H3. The average molecular weight is 152 g/mol. The lowest BCUT2D eigenvalue weighted by atomic mass is 10.4. The molecule has 0 fully saturated rings. The van der Waals surface area contributed by atoms with Gasteiger partial charge in [-0.25, -0.2) is 0 Å². The molecule has 0 N–H and O–H groups in total. The molecule has 0 radical (unpaired) electrons. The Balaban J connectivity index is 0.000000461. The summed E-state index contributed by atoms with van der Waals surface area (Å²) in [6.45, 7) is 6.84. The quantitative estimate of drug-likeness (QED) is 0.485. The molecule has 0 aromatic heterocycles. The van der Waals surface area contributed by atoms with Crippen molar-refractivity contribution < 1.29 is 4.74 Å². The Hall–Kier alpha value is -0.900. The minimum absolute atomic E-state index is 0.813. The summed E-state index contributed by atoms with van der Waals surface area (Å²) in [7, 11) is 0. The van der Waals surface area contributed by atoms with Crippen LogP contribution in [0.25, 0.3) is 0 Å². The highest BCUT2D eigenvalue weighted by atomic mass is 16.5. The molecule has 0 atom stereocenters. The Morgan fingerprint density at radius 2 is 2.27 bits per heavy atom. The van der Waals surface area contributed by atoms with E-state index < -0.39 is 0 Å². The van der Waals surface area contributed by atoms with Crippen LogP contribution in [0.1, 0.15) is 33.6 Å². The molecule has 62 valence electrons. The second-order valence-corrected chi connectivity index (χ2v) is 1.86. The maximum atomic E-state index is 5.14. The van der Waals surface area contributed by atoms with Gasteiger partial charge in [0.05, 0.1) is 6.61 Å². The lowest BCUT2D eigenvalue weighted by Gasteiger charge is -1.90. The molecule has 0 saturated heterocycles. The van der Waals surface area contributed by atoms with Gasteiger partial charge in [0.1, 0.15) is 0 Å². The van der Waals surface area contributed by atoms with Gasteiger partial charge < -0.3 is 4.74 Å². The minimum Gasteiger partial charge on any atom is -0.485 e. The van der Waals surface area contributed by atoms with E-state index in [1.165, 1.54) is 0 Å². The van der Waals surface area contributed by atoms with Gasteiger partial charge in [0.15, 0.2) is 5.76 Å². The fourth-order valence-electron chi connectivity index (χ4n) is 0.680. The number of allylic oxidation sites excluding steroid dienone is 1. The van der Waals surface area contributed by atoms with Crippen LogP contribution in [0.15, 0.2) is 11.8 Å². The number of rotatable bonds is 0. The van der Waals surface area contributed by atoms with Gasteiger partial charge in [-0.15, -0.1) is 0 Å². The van der Waals surface area contributed by atoms with Gasteiger partial charge in [-0.1, -0.05) is 26.7 Å². The second kappa shape index (κ2) is 7.21. The highest BCUT2D eigenvalue weighted by Crippen LogP contribution is 2.06. The van der Waals surface area contributed by atoms with Crippen LogP contribution in [-0.4, -0.2) is 6.61 Å². The fraction of sp³-hybridized carbons (Fsp3) is 0.600. The lowest BCUT2D eigenvalue weighted by molar-refractivity contribution is 0.260. The first-order chi connectivity index (χ1) is 5.43. The number of ether oxygens (including phenoxy) is 1. The number of hydrogen-bond donors (Lipinski definition) is 0. The third-order valence-corrected chi connectivity index (χ3v) is 1.09. The summed E-state index contributed by atoms with van der Waals surface area (Å²) in [5.41, 5.74) is 0. The van der Waals surface area contributed by atoms with E-state index in [2.05, 4.69) is 11.8 Å². The van der Waals surface area contributed by atoms with Gasteiger partial charge in [0.25, 0.3) is 0 Å². The largest absolute Gasteiger partial charge is 0.485 e. The van der Waals surface area contributed by atoms with Crippen molar-refractivity contribution in [3.63, 3.8) is 0 Å². The van der Waals surface area contributed by atoms with Crippen molar-refractivity contribution in [2.45, 2.75) is 33.6 Å². The Labute approximate surface area is 69.4 Å². The van der Waals surface area contributed by atoms with Crippen molar-refractivity contribution in [1.82, 2.24) is 0 Å². The molecule has 1 heteroatoms. The SMILES string of the molecule is CC.CCC#CC1=CCCO1. The van der Waals surface area contributed by atoms with Crippen LogP contribution in [0.2, 0.25) is 0 Å². The Bertz CT molecular complexity index is 169. The molecule has 0 saturated carbocycles. The molecule has 11 heavy (non-hydrogen) atoms. The Morgan fingerprint density at radius 1 is 1.55 bits per heavy atom. The van der Waals surface area contributed by atoms with E-state index >= 15 is 0 Å². The molecule has 0 aromatic rings. The first kappa shape index (κ1) is 10.1. The molecule has 1 heterocycles. The van der Waals surface area contributed by atoms with Gasteiger partial charge in [-0.05, 0) is 12.0 Å². The van der Waals surface area contributed by atoms with Gasteiger partial charge >= 0.3 is 0 Å². The van der Waals surface area contributed by atoms with E-state index in [0.717, 1.165) is 25.2 Å².